The van der Waals surface area contributed by atoms with Gasteiger partial charge in [0.25, 0.3) is 17.0 Å². The summed E-state index contributed by atoms with van der Waals surface area (Å²) in [7, 11) is 1.42. The third-order valence-corrected chi connectivity index (χ3v) is 7.66. The number of aliphatic hydroxyl groups is 12. The number of ether oxygens (including phenoxy) is 4. The van der Waals surface area contributed by atoms with Crippen LogP contribution in [-0.2, 0) is 28.5 Å². The van der Waals surface area contributed by atoms with E-state index in [2.05, 4.69) is 0 Å². The Morgan fingerprint density at radius 1 is 0.676 bits per heavy atom. The number of esters is 2. The highest BCUT2D eigenvalue weighted by Crippen LogP contribution is 2.52. The van der Waals surface area contributed by atoms with E-state index >= 15 is 0 Å². The molecule has 3 fully saturated rings. The molecule has 3 saturated heterocycles. The Hall–Kier alpha value is -1.19. The van der Waals surface area contributed by atoms with E-state index in [-0.39, 0.29) is 0 Å². The molecular formula is C18H29O18P. The minimum Gasteiger partial charge on any atom is -0.435 e. The van der Waals surface area contributed by atoms with Crippen molar-refractivity contribution in [1.82, 2.24) is 0 Å². The maximum Gasteiger partial charge on any atom is 0.360 e. The van der Waals surface area contributed by atoms with Gasteiger partial charge in [0.2, 0.25) is 5.79 Å². The fourth-order valence-corrected chi connectivity index (χ4v) is 5.00. The van der Waals surface area contributed by atoms with Crippen molar-refractivity contribution in [3.63, 3.8) is 0 Å². The van der Waals surface area contributed by atoms with E-state index in [0.29, 0.717) is 0 Å². The topological polar surface area (TPSA) is 314 Å². The predicted octanol–water partition coefficient (Wildman–Crippen LogP) is -8.92. The number of aliphatic hydroxyl groups excluding tert-OH is 9. The summed E-state index contributed by atoms with van der Waals surface area (Å²) in [6.07, 6.45) is -15.5. The van der Waals surface area contributed by atoms with E-state index in [9.17, 15) is 70.9 Å². The van der Waals surface area contributed by atoms with Crippen LogP contribution < -0.4 is 0 Å². The van der Waals surface area contributed by atoms with Crippen LogP contribution in [0.3, 0.4) is 0 Å². The molecule has 18 nitrogen and oxygen atoms in total. The molecule has 13 atom stereocenters. The van der Waals surface area contributed by atoms with Gasteiger partial charge in [0, 0.05) is 0 Å². The molecule has 3 aliphatic heterocycles. The second kappa shape index (κ2) is 9.77. The van der Waals surface area contributed by atoms with Gasteiger partial charge in [0.15, 0.2) is 5.34 Å². The Morgan fingerprint density at radius 3 is 1.62 bits per heavy atom. The number of cyclic esters (lactones) is 2. The summed E-state index contributed by atoms with van der Waals surface area (Å²) in [6.45, 7) is -5.82. The van der Waals surface area contributed by atoms with E-state index in [1.54, 1.807) is 0 Å². The van der Waals surface area contributed by atoms with Crippen LogP contribution in [0.25, 0.3) is 0 Å². The molecule has 0 aliphatic carbocycles. The normalized spacial score (nSPS) is 52.9. The fraction of sp³-hybridized carbons (Fsp3) is 0.889. The van der Waals surface area contributed by atoms with Gasteiger partial charge in [0.05, 0.1) is 26.4 Å². The van der Waals surface area contributed by atoms with Gasteiger partial charge in [-0.3, -0.25) is 0 Å². The third kappa shape index (κ3) is 3.76. The predicted molar refractivity (Wildman–Crippen MR) is 110 cm³/mol. The molecule has 214 valence electrons. The minimum atomic E-state index is -3.72. The Kier molecular flexibility index (Phi) is 8.02. The molecule has 0 aromatic carbocycles. The fourth-order valence-electron chi connectivity index (χ4n) is 4.50. The lowest BCUT2D eigenvalue weighted by Gasteiger charge is -2.59. The maximum atomic E-state index is 13.3. The van der Waals surface area contributed by atoms with E-state index in [4.69, 9.17) is 18.9 Å². The molecule has 0 bridgehead atoms. The summed E-state index contributed by atoms with van der Waals surface area (Å²) in [5, 5.41) is 120. The summed E-state index contributed by atoms with van der Waals surface area (Å²) in [6, 6.07) is 0. The standard InChI is InChI=1S/C18H29O18P/c19-1-5-7(23)9(25)10(26)16(30,33-5)14(3-21)12(28)36-15(4-22,13(29)35-14)18(32)17(31,37)11(27)8(24)6(2-20)34-18/h5-11,19-27,30-32H,1-4,37H2/t5-,6-,7-,8-,9+,10-,11+,14?,15?,16?,17-,18?/m1/s1. The maximum absolute atomic E-state index is 13.3. The van der Waals surface area contributed by atoms with Crippen molar-refractivity contribution in [2.75, 3.05) is 26.4 Å². The van der Waals surface area contributed by atoms with Crippen LogP contribution in [0.4, 0.5) is 0 Å². The highest BCUT2D eigenvalue weighted by Gasteiger charge is 2.81. The van der Waals surface area contributed by atoms with Crippen molar-refractivity contribution in [2.45, 2.75) is 70.8 Å². The zero-order chi connectivity index (χ0) is 28.4. The summed E-state index contributed by atoms with van der Waals surface area (Å²) < 4.78 is 19.7. The Balaban J connectivity index is 2.13. The van der Waals surface area contributed by atoms with Crippen LogP contribution in [0.15, 0.2) is 0 Å². The van der Waals surface area contributed by atoms with Gasteiger partial charge < -0.3 is 80.2 Å². The average Bonchev–Trinajstić information content (AvgIpc) is 2.87. The first-order valence-electron chi connectivity index (χ1n) is 10.6. The summed E-state index contributed by atoms with van der Waals surface area (Å²) in [4.78, 5) is 26.5. The van der Waals surface area contributed by atoms with Crippen molar-refractivity contribution in [3.05, 3.63) is 0 Å². The molecule has 0 saturated carbocycles. The molecule has 0 aromatic heterocycles. The molecule has 5 unspecified atom stereocenters. The first-order valence-corrected chi connectivity index (χ1v) is 11.2. The molecule has 3 heterocycles. The Labute approximate surface area is 209 Å². The zero-order valence-corrected chi connectivity index (χ0v) is 19.9. The molecule has 19 heteroatoms. The zero-order valence-electron chi connectivity index (χ0n) is 18.8. The van der Waals surface area contributed by atoms with Gasteiger partial charge in [0.1, 0.15) is 42.7 Å². The number of hydrogen-bond acceptors (Lipinski definition) is 18. The number of carbonyl (C=O) groups excluding carboxylic acids is 2. The number of hydrogen-bond donors (Lipinski definition) is 12. The molecule has 0 amide bonds. The van der Waals surface area contributed by atoms with Gasteiger partial charge in [-0.15, -0.1) is 0 Å². The van der Waals surface area contributed by atoms with Gasteiger partial charge in [-0.1, -0.05) is 9.24 Å². The van der Waals surface area contributed by atoms with Crippen LogP contribution in [-0.4, -0.2) is 170 Å². The van der Waals surface area contributed by atoms with Crippen molar-refractivity contribution in [1.29, 1.82) is 0 Å². The van der Waals surface area contributed by atoms with Gasteiger partial charge >= 0.3 is 11.9 Å². The molecule has 37 heavy (non-hydrogen) atoms. The van der Waals surface area contributed by atoms with Gasteiger partial charge in [-0.2, -0.15) is 0 Å². The van der Waals surface area contributed by atoms with Crippen molar-refractivity contribution in [2.24, 2.45) is 0 Å². The molecule has 3 rings (SSSR count). The Morgan fingerprint density at radius 2 is 1.14 bits per heavy atom. The van der Waals surface area contributed by atoms with E-state index in [0.717, 1.165) is 0 Å². The average molecular weight is 564 g/mol. The number of rotatable bonds is 6. The molecule has 12 N–H and O–H groups in total. The van der Waals surface area contributed by atoms with Crippen molar-refractivity contribution < 1.29 is 89.8 Å². The summed E-state index contributed by atoms with van der Waals surface area (Å²) in [5.41, 5.74) is -7.08. The monoisotopic (exact) mass is 564 g/mol. The lowest BCUT2D eigenvalue weighted by atomic mass is 9.77. The molecule has 3 aliphatic rings. The summed E-state index contributed by atoms with van der Waals surface area (Å²) in [5.74, 6) is -11.6. The first kappa shape index (κ1) is 30.4. The van der Waals surface area contributed by atoms with E-state index in [1.807, 2.05) is 0 Å². The lowest BCUT2D eigenvalue weighted by molar-refractivity contribution is -0.432. The summed E-state index contributed by atoms with van der Waals surface area (Å²) >= 11 is 0. The van der Waals surface area contributed by atoms with Crippen LogP contribution >= 0.6 is 9.24 Å². The molecular weight excluding hydrogens is 535 g/mol. The number of carbonyl (C=O) groups is 2. The van der Waals surface area contributed by atoms with Gasteiger partial charge in [-0.05, 0) is 0 Å². The SMILES string of the molecule is O=C1OC(CO)(C2(O)O[C@H](CO)[C@@H](O)[C@H](O)[C@@]2(O)P)C(=O)OC1(CO)C1(O)O[C@H](CO)[C@@H](O)[C@H](O)[C@H]1O. The van der Waals surface area contributed by atoms with E-state index in [1.165, 1.54) is 9.24 Å². The molecule has 0 aromatic rings. The first-order chi connectivity index (χ1) is 17.0. The van der Waals surface area contributed by atoms with Gasteiger partial charge in [-0.25, -0.2) is 9.59 Å². The second-order valence-corrected chi connectivity index (χ2v) is 9.83. The molecule has 0 spiro atoms. The van der Waals surface area contributed by atoms with Crippen LogP contribution in [0.5, 0.6) is 0 Å². The third-order valence-electron chi connectivity index (χ3n) is 6.93. The highest BCUT2D eigenvalue weighted by atomic mass is 31.0. The Bertz CT molecular complexity index is 902. The van der Waals surface area contributed by atoms with E-state index < -0.39 is 109 Å². The quantitative estimate of drug-likeness (QED) is 0.105. The smallest absolute Gasteiger partial charge is 0.360 e. The van der Waals surface area contributed by atoms with Crippen molar-refractivity contribution >= 4 is 21.2 Å². The largest absolute Gasteiger partial charge is 0.435 e. The van der Waals surface area contributed by atoms with Crippen LogP contribution in [0.1, 0.15) is 0 Å². The van der Waals surface area contributed by atoms with Crippen LogP contribution in [0, 0.1) is 0 Å². The highest BCUT2D eigenvalue weighted by molar-refractivity contribution is 7.18. The van der Waals surface area contributed by atoms with Crippen LogP contribution in [0.2, 0.25) is 0 Å². The molecule has 0 radical (unpaired) electrons. The lowest BCUT2D eigenvalue weighted by Crippen LogP contribution is -2.86. The van der Waals surface area contributed by atoms with Crippen molar-refractivity contribution in [3.8, 4) is 0 Å². The minimum absolute atomic E-state index is 1.13. The second-order valence-electron chi connectivity index (χ2n) is 8.95.